The Hall–Kier alpha value is -1.99. The number of fused-ring (bicyclic) bond motifs is 1. The van der Waals surface area contributed by atoms with Gasteiger partial charge in [0.05, 0.1) is 5.39 Å². The molecule has 5 nitrogen and oxygen atoms in total. The molecule has 0 saturated carbocycles. The number of halogens is 1. The lowest BCUT2D eigenvalue weighted by Crippen LogP contribution is -2.34. The Labute approximate surface area is 151 Å². The van der Waals surface area contributed by atoms with E-state index in [9.17, 15) is 9.59 Å². The summed E-state index contributed by atoms with van der Waals surface area (Å²) in [5, 5.41) is 2.45. The number of hydrogen-bond acceptors (Lipinski definition) is 4. The number of nitrogens with zero attached hydrogens (tertiary/aromatic N) is 2. The number of carbonyl (C=O) groups is 1. The molecular formula is C17H16BrN3O2S. The molecule has 124 valence electrons. The highest BCUT2D eigenvalue weighted by molar-refractivity contribution is 9.10. The maximum Gasteiger partial charge on any atom is 0.263 e. The van der Waals surface area contributed by atoms with Gasteiger partial charge in [-0.2, -0.15) is 0 Å². The minimum atomic E-state index is -0.747. The van der Waals surface area contributed by atoms with Crippen molar-refractivity contribution in [3.63, 3.8) is 0 Å². The molecule has 1 unspecified atom stereocenters. The molecule has 2 N–H and O–H groups in total. The van der Waals surface area contributed by atoms with Crippen molar-refractivity contribution in [3.8, 4) is 11.1 Å². The van der Waals surface area contributed by atoms with Gasteiger partial charge in [-0.25, -0.2) is 4.98 Å². The highest BCUT2D eigenvalue weighted by atomic mass is 79.9. The molecule has 24 heavy (non-hydrogen) atoms. The van der Waals surface area contributed by atoms with Crippen molar-refractivity contribution >= 4 is 43.4 Å². The van der Waals surface area contributed by atoms with Crippen molar-refractivity contribution in [2.45, 2.75) is 26.8 Å². The average molecular weight is 406 g/mol. The molecule has 0 radical (unpaired) electrons. The Balaban J connectivity index is 2.37. The van der Waals surface area contributed by atoms with E-state index in [0.717, 1.165) is 21.2 Å². The van der Waals surface area contributed by atoms with Crippen LogP contribution in [0, 0.1) is 13.8 Å². The van der Waals surface area contributed by atoms with E-state index >= 15 is 0 Å². The fourth-order valence-corrected chi connectivity index (χ4v) is 4.17. The molecule has 0 aliphatic rings. The number of aromatic nitrogens is 2. The Morgan fingerprint density at radius 3 is 2.71 bits per heavy atom. The zero-order chi connectivity index (χ0) is 17.6. The molecule has 3 rings (SSSR count). The lowest BCUT2D eigenvalue weighted by atomic mass is 10.0. The molecule has 0 bridgehead atoms. The highest BCUT2D eigenvalue weighted by Gasteiger charge is 2.21. The van der Waals surface area contributed by atoms with Crippen LogP contribution in [0.3, 0.4) is 0 Å². The first-order chi connectivity index (χ1) is 11.3. The fourth-order valence-electron chi connectivity index (χ4n) is 2.73. The van der Waals surface area contributed by atoms with Crippen LogP contribution in [0.1, 0.15) is 24.4 Å². The van der Waals surface area contributed by atoms with Crippen LogP contribution in [0.15, 0.2) is 32.8 Å². The molecule has 7 heteroatoms. The summed E-state index contributed by atoms with van der Waals surface area (Å²) in [6.07, 6.45) is 0. The van der Waals surface area contributed by atoms with E-state index in [-0.39, 0.29) is 5.56 Å². The van der Waals surface area contributed by atoms with Crippen LogP contribution in [0.4, 0.5) is 0 Å². The maximum atomic E-state index is 13.1. The molecule has 3 aromatic rings. The van der Waals surface area contributed by atoms with Crippen molar-refractivity contribution in [3.05, 3.63) is 49.8 Å². The smallest absolute Gasteiger partial charge is 0.263 e. The van der Waals surface area contributed by atoms with Gasteiger partial charge in [0.25, 0.3) is 5.56 Å². The van der Waals surface area contributed by atoms with Crippen LogP contribution < -0.4 is 11.3 Å². The molecule has 2 heterocycles. The first-order valence-corrected chi connectivity index (χ1v) is 9.04. The summed E-state index contributed by atoms with van der Waals surface area (Å²) in [6.45, 7) is 5.32. The maximum absolute atomic E-state index is 13.1. The number of nitrogens with two attached hydrogens (primary N) is 1. The zero-order valence-corrected chi connectivity index (χ0v) is 15.9. The SMILES string of the molecule is Cc1ccc(Br)c(-c2csc3nc(C)n(C(C)C(N)=O)c(=O)c23)c1. The molecule has 1 atom stereocenters. The number of primary amides is 1. The number of rotatable bonds is 3. The Morgan fingerprint density at radius 2 is 2.04 bits per heavy atom. The molecule has 0 aliphatic carbocycles. The van der Waals surface area contributed by atoms with Crippen LogP contribution in [-0.4, -0.2) is 15.5 Å². The first-order valence-electron chi connectivity index (χ1n) is 7.37. The summed E-state index contributed by atoms with van der Waals surface area (Å²) >= 11 is 4.97. The van der Waals surface area contributed by atoms with Gasteiger partial charge in [-0.1, -0.05) is 33.6 Å². The number of carbonyl (C=O) groups excluding carboxylic acids is 1. The van der Waals surface area contributed by atoms with Gasteiger partial charge in [0, 0.05) is 15.4 Å². The minimum Gasteiger partial charge on any atom is -0.368 e. The second kappa shape index (κ2) is 6.14. The van der Waals surface area contributed by atoms with E-state index in [1.165, 1.54) is 15.9 Å². The normalized spacial score (nSPS) is 12.5. The molecule has 0 aliphatic heterocycles. The molecular weight excluding hydrogens is 390 g/mol. The van der Waals surface area contributed by atoms with E-state index in [4.69, 9.17) is 5.73 Å². The average Bonchev–Trinajstić information content (AvgIpc) is 2.93. The molecule has 0 saturated heterocycles. The number of hydrogen-bond donors (Lipinski definition) is 1. The van der Waals surface area contributed by atoms with Crippen LogP contribution in [0.5, 0.6) is 0 Å². The monoisotopic (exact) mass is 405 g/mol. The van der Waals surface area contributed by atoms with Crippen molar-refractivity contribution in [2.24, 2.45) is 5.73 Å². The van der Waals surface area contributed by atoms with Gasteiger partial charge in [0.15, 0.2) is 0 Å². The summed E-state index contributed by atoms with van der Waals surface area (Å²) in [6, 6.07) is 5.23. The molecule has 2 aromatic heterocycles. The summed E-state index contributed by atoms with van der Waals surface area (Å²) in [5.41, 5.74) is 7.99. The van der Waals surface area contributed by atoms with E-state index in [1.807, 2.05) is 30.5 Å². The van der Waals surface area contributed by atoms with Gasteiger partial charge >= 0.3 is 0 Å². The Bertz CT molecular complexity index is 1020. The van der Waals surface area contributed by atoms with Gasteiger partial charge < -0.3 is 5.73 Å². The number of aryl methyl sites for hydroxylation is 2. The second-order valence-corrected chi connectivity index (χ2v) is 7.44. The zero-order valence-electron chi connectivity index (χ0n) is 13.5. The van der Waals surface area contributed by atoms with E-state index in [0.29, 0.717) is 16.0 Å². The highest BCUT2D eigenvalue weighted by Crippen LogP contribution is 2.36. The Kier molecular flexibility index (Phi) is 4.31. The quantitative estimate of drug-likeness (QED) is 0.723. The predicted molar refractivity (Wildman–Crippen MR) is 100 cm³/mol. The standard InChI is InChI=1S/C17H16BrN3O2S/c1-8-4-5-13(18)11(6-8)12-7-24-16-14(12)17(23)21(10(3)20-16)9(2)15(19)22/h4-7,9H,1-3H3,(H2,19,22). The van der Waals surface area contributed by atoms with Crippen LogP contribution >= 0.6 is 27.3 Å². The van der Waals surface area contributed by atoms with Crippen molar-refractivity contribution in [1.82, 2.24) is 9.55 Å². The predicted octanol–water partition coefficient (Wildman–Crippen LogP) is 3.55. The topological polar surface area (TPSA) is 78.0 Å². The molecule has 1 aromatic carbocycles. The van der Waals surface area contributed by atoms with Gasteiger partial charge in [-0.3, -0.25) is 14.2 Å². The molecule has 0 fully saturated rings. The molecule has 1 amide bonds. The second-order valence-electron chi connectivity index (χ2n) is 5.73. The van der Waals surface area contributed by atoms with Crippen molar-refractivity contribution < 1.29 is 4.79 Å². The lowest BCUT2D eigenvalue weighted by molar-refractivity contribution is -0.120. The van der Waals surface area contributed by atoms with Crippen molar-refractivity contribution in [1.29, 1.82) is 0 Å². The third kappa shape index (κ3) is 2.67. The first kappa shape index (κ1) is 16.9. The van der Waals surface area contributed by atoms with E-state index in [1.54, 1.807) is 13.8 Å². The lowest BCUT2D eigenvalue weighted by Gasteiger charge is -2.15. The minimum absolute atomic E-state index is 0.242. The van der Waals surface area contributed by atoms with Crippen LogP contribution in [-0.2, 0) is 4.79 Å². The van der Waals surface area contributed by atoms with Gasteiger partial charge in [-0.05, 0) is 32.4 Å². The van der Waals surface area contributed by atoms with Gasteiger partial charge in [0.1, 0.15) is 16.7 Å². The summed E-state index contributed by atoms with van der Waals surface area (Å²) in [5.74, 6) is -0.0784. The van der Waals surface area contributed by atoms with E-state index < -0.39 is 11.9 Å². The molecule has 0 spiro atoms. The number of thiophene rings is 1. The van der Waals surface area contributed by atoms with Crippen LogP contribution in [0.25, 0.3) is 21.3 Å². The third-order valence-corrected chi connectivity index (χ3v) is 5.59. The number of benzene rings is 1. The summed E-state index contributed by atoms with van der Waals surface area (Å²) in [4.78, 5) is 29.8. The van der Waals surface area contributed by atoms with Crippen LogP contribution in [0.2, 0.25) is 0 Å². The van der Waals surface area contributed by atoms with Crippen molar-refractivity contribution in [2.75, 3.05) is 0 Å². The van der Waals surface area contributed by atoms with Gasteiger partial charge in [-0.15, -0.1) is 11.3 Å². The van der Waals surface area contributed by atoms with Gasteiger partial charge in [0.2, 0.25) is 5.91 Å². The fraction of sp³-hybridized carbons (Fsp3) is 0.235. The summed E-state index contributed by atoms with van der Waals surface area (Å²) < 4.78 is 2.27. The Morgan fingerprint density at radius 1 is 1.33 bits per heavy atom. The van der Waals surface area contributed by atoms with E-state index in [2.05, 4.69) is 20.9 Å². The number of amides is 1. The summed E-state index contributed by atoms with van der Waals surface area (Å²) in [7, 11) is 0. The third-order valence-electron chi connectivity index (χ3n) is 4.03. The largest absolute Gasteiger partial charge is 0.368 e.